The van der Waals surface area contributed by atoms with E-state index in [1.807, 2.05) is 11.8 Å². The number of nitrogens with zero attached hydrogens (tertiary/aromatic N) is 2. The highest BCUT2D eigenvalue weighted by atomic mass is 35.5. The molecule has 40 heavy (non-hydrogen) atoms. The van der Waals surface area contributed by atoms with Gasteiger partial charge in [0.1, 0.15) is 17.3 Å². The molecule has 0 spiro atoms. The molecular formula is C30H27ClFN3O4S. The second kappa shape index (κ2) is 11.7. The van der Waals surface area contributed by atoms with Gasteiger partial charge in [0.2, 0.25) is 15.9 Å². The van der Waals surface area contributed by atoms with E-state index in [4.69, 9.17) is 16.0 Å². The summed E-state index contributed by atoms with van der Waals surface area (Å²) in [6.45, 7) is 3.29. The number of benzene rings is 3. The average molecular weight is 580 g/mol. The zero-order valence-corrected chi connectivity index (χ0v) is 23.3. The van der Waals surface area contributed by atoms with Crippen LogP contribution in [0, 0.1) is 12.7 Å². The van der Waals surface area contributed by atoms with Gasteiger partial charge in [-0.1, -0.05) is 35.4 Å². The van der Waals surface area contributed by atoms with Crippen LogP contribution in [0.4, 0.5) is 15.8 Å². The smallest absolute Gasteiger partial charge is 0.248 e. The van der Waals surface area contributed by atoms with E-state index in [1.54, 1.807) is 72.8 Å². The van der Waals surface area contributed by atoms with E-state index in [9.17, 15) is 17.6 Å². The highest BCUT2D eigenvalue weighted by molar-refractivity contribution is 7.89. The summed E-state index contributed by atoms with van der Waals surface area (Å²) in [6.07, 6.45) is 2.89. The van der Waals surface area contributed by atoms with Gasteiger partial charge in [-0.25, -0.2) is 12.8 Å². The first-order chi connectivity index (χ1) is 19.2. The number of halogens is 2. The van der Waals surface area contributed by atoms with E-state index in [1.165, 1.54) is 22.5 Å². The van der Waals surface area contributed by atoms with Gasteiger partial charge in [0.05, 0.1) is 21.3 Å². The number of hydrogen-bond acceptors (Lipinski definition) is 5. The van der Waals surface area contributed by atoms with Crippen molar-refractivity contribution < 1.29 is 22.0 Å². The standard InChI is InChI=1S/C30H27ClFN3O4S/c1-21-5-13-25(14-6-21)40(37,38)35-19-17-34(18-20-35)30-26(31)3-2-4-27(30)33-29(36)16-12-24-11-15-28(39-24)22-7-9-23(32)10-8-22/h2-16H,17-20H2,1H3,(H,33,36)/b16-12+. The van der Waals surface area contributed by atoms with Crippen LogP contribution in [0.15, 0.2) is 94.3 Å². The molecule has 2 heterocycles. The number of nitrogens with one attached hydrogen (secondary N) is 1. The Morgan fingerprint density at radius 1 is 0.950 bits per heavy atom. The Labute approximate surface area is 237 Å². The van der Waals surface area contributed by atoms with Crippen LogP contribution < -0.4 is 10.2 Å². The summed E-state index contributed by atoms with van der Waals surface area (Å²) in [5, 5.41) is 3.32. The van der Waals surface area contributed by atoms with Gasteiger partial charge in [0.25, 0.3) is 0 Å². The van der Waals surface area contributed by atoms with E-state index in [2.05, 4.69) is 5.32 Å². The lowest BCUT2D eigenvalue weighted by Gasteiger charge is -2.36. The van der Waals surface area contributed by atoms with Gasteiger partial charge in [-0.05, 0) is 73.7 Å². The summed E-state index contributed by atoms with van der Waals surface area (Å²) in [4.78, 5) is 15.0. The topological polar surface area (TPSA) is 82.9 Å². The molecule has 1 fully saturated rings. The quantitative estimate of drug-likeness (QED) is 0.263. The number of rotatable bonds is 7. The summed E-state index contributed by atoms with van der Waals surface area (Å²) < 4.78 is 46.6. The van der Waals surface area contributed by atoms with Crippen molar-refractivity contribution in [2.75, 3.05) is 36.4 Å². The van der Waals surface area contributed by atoms with E-state index in [-0.39, 0.29) is 29.7 Å². The van der Waals surface area contributed by atoms with Crippen LogP contribution in [0.5, 0.6) is 0 Å². The zero-order valence-electron chi connectivity index (χ0n) is 21.7. The third kappa shape index (κ3) is 6.12. The number of sulfonamides is 1. The van der Waals surface area contributed by atoms with Crippen LogP contribution in [0.25, 0.3) is 17.4 Å². The highest BCUT2D eigenvalue weighted by Gasteiger charge is 2.30. The fourth-order valence-corrected chi connectivity index (χ4v) is 6.21. The number of aryl methyl sites for hydroxylation is 1. The van der Waals surface area contributed by atoms with Crippen molar-refractivity contribution in [3.05, 3.63) is 107 Å². The molecule has 206 valence electrons. The minimum absolute atomic E-state index is 0.269. The molecule has 0 bridgehead atoms. The predicted octanol–water partition coefficient (Wildman–Crippen LogP) is 6.21. The first-order valence-corrected chi connectivity index (χ1v) is 14.5. The third-order valence-corrected chi connectivity index (χ3v) is 8.83. The maximum Gasteiger partial charge on any atom is 0.248 e. The lowest BCUT2D eigenvalue weighted by molar-refractivity contribution is -0.111. The molecule has 0 atom stereocenters. The van der Waals surface area contributed by atoms with Crippen molar-refractivity contribution in [2.24, 2.45) is 0 Å². The average Bonchev–Trinajstić information content (AvgIpc) is 3.42. The molecule has 0 saturated carbocycles. The minimum atomic E-state index is -3.61. The highest BCUT2D eigenvalue weighted by Crippen LogP contribution is 2.35. The van der Waals surface area contributed by atoms with Gasteiger partial charge >= 0.3 is 0 Å². The van der Waals surface area contributed by atoms with Crippen LogP contribution in [0.3, 0.4) is 0 Å². The maximum absolute atomic E-state index is 13.2. The van der Waals surface area contributed by atoms with Crippen molar-refractivity contribution in [1.82, 2.24) is 4.31 Å². The van der Waals surface area contributed by atoms with E-state index < -0.39 is 10.0 Å². The molecule has 5 rings (SSSR count). The molecule has 1 saturated heterocycles. The molecule has 0 aliphatic carbocycles. The van der Waals surface area contributed by atoms with Gasteiger partial charge in [0.15, 0.2) is 0 Å². The number of carbonyl (C=O) groups is 1. The van der Waals surface area contributed by atoms with Crippen LogP contribution in [-0.4, -0.2) is 44.8 Å². The molecule has 1 amide bonds. The maximum atomic E-state index is 13.2. The fourth-order valence-electron chi connectivity index (χ4n) is 4.49. The fraction of sp³-hybridized carbons (Fsp3) is 0.167. The molecule has 0 radical (unpaired) electrons. The second-order valence-electron chi connectivity index (χ2n) is 9.37. The van der Waals surface area contributed by atoms with Gasteiger partial charge < -0.3 is 14.6 Å². The minimum Gasteiger partial charge on any atom is -0.457 e. The molecule has 1 aliphatic heterocycles. The normalized spacial score (nSPS) is 14.5. The second-order valence-corrected chi connectivity index (χ2v) is 11.7. The third-order valence-electron chi connectivity index (χ3n) is 6.61. The number of amides is 1. The lowest BCUT2D eigenvalue weighted by atomic mass is 10.2. The Morgan fingerprint density at radius 3 is 2.35 bits per heavy atom. The van der Waals surface area contributed by atoms with Gasteiger partial charge in [-0.15, -0.1) is 0 Å². The molecular weight excluding hydrogens is 553 g/mol. The molecule has 7 nitrogen and oxygen atoms in total. The van der Waals surface area contributed by atoms with Crippen LogP contribution in [0.1, 0.15) is 11.3 Å². The molecule has 1 aliphatic rings. The van der Waals surface area contributed by atoms with Crippen molar-refractivity contribution in [1.29, 1.82) is 0 Å². The SMILES string of the molecule is Cc1ccc(S(=O)(=O)N2CCN(c3c(Cl)cccc3NC(=O)/C=C/c3ccc(-c4ccc(F)cc4)o3)CC2)cc1. The Morgan fingerprint density at radius 2 is 1.65 bits per heavy atom. The molecule has 10 heteroatoms. The summed E-state index contributed by atoms with van der Waals surface area (Å²) >= 11 is 6.55. The molecule has 0 unspecified atom stereocenters. The van der Waals surface area contributed by atoms with E-state index in [0.29, 0.717) is 41.0 Å². The number of para-hydroxylation sites is 1. The van der Waals surface area contributed by atoms with Crippen molar-refractivity contribution in [3.63, 3.8) is 0 Å². The molecule has 1 aromatic heterocycles. The number of furan rings is 1. The van der Waals surface area contributed by atoms with E-state index >= 15 is 0 Å². The van der Waals surface area contributed by atoms with E-state index in [0.717, 1.165) is 11.1 Å². The summed E-state index contributed by atoms with van der Waals surface area (Å²) in [5.41, 5.74) is 2.87. The summed E-state index contributed by atoms with van der Waals surface area (Å²) in [7, 11) is -3.61. The van der Waals surface area contributed by atoms with Crippen LogP contribution in [-0.2, 0) is 14.8 Å². The molecule has 1 N–H and O–H groups in total. The summed E-state index contributed by atoms with van der Waals surface area (Å²) in [6, 6.07) is 21.5. The first kappa shape index (κ1) is 27.6. The number of piperazine rings is 1. The Hall–Kier alpha value is -3.92. The zero-order chi connectivity index (χ0) is 28.3. The monoisotopic (exact) mass is 579 g/mol. The van der Waals surface area contributed by atoms with Crippen molar-refractivity contribution >= 4 is 45.0 Å². The Balaban J connectivity index is 1.25. The van der Waals surface area contributed by atoms with Crippen molar-refractivity contribution in [3.8, 4) is 11.3 Å². The first-order valence-electron chi connectivity index (χ1n) is 12.7. The van der Waals surface area contributed by atoms with Crippen LogP contribution in [0.2, 0.25) is 5.02 Å². The van der Waals surface area contributed by atoms with Crippen molar-refractivity contribution in [2.45, 2.75) is 11.8 Å². The van der Waals surface area contributed by atoms with Gasteiger partial charge in [0, 0.05) is 37.8 Å². The number of anilines is 2. The molecule has 3 aromatic carbocycles. The Kier molecular flexibility index (Phi) is 8.07. The summed E-state index contributed by atoms with van der Waals surface area (Å²) in [5.74, 6) is 0.304. The number of carbonyl (C=O) groups excluding carboxylic acids is 1. The lowest BCUT2D eigenvalue weighted by Crippen LogP contribution is -2.49. The van der Waals surface area contributed by atoms with Gasteiger partial charge in [-0.3, -0.25) is 4.79 Å². The largest absolute Gasteiger partial charge is 0.457 e. The van der Waals surface area contributed by atoms with Gasteiger partial charge in [-0.2, -0.15) is 4.31 Å². The Bertz CT molecular complexity index is 1640. The van der Waals surface area contributed by atoms with Crippen LogP contribution >= 0.6 is 11.6 Å². The molecule has 4 aromatic rings. The predicted molar refractivity (Wildman–Crippen MR) is 155 cm³/mol. The number of hydrogen-bond donors (Lipinski definition) is 1.